The van der Waals surface area contributed by atoms with Crippen molar-refractivity contribution in [2.45, 2.75) is 25.3 Å². The summed E-state index contributed by atoms with van der Waals surface area (Å²) in [6, 6.07) is 12.4. The number of aromatic nitrogens is 6. The Bertz CT molecular complexity index is 1740. The Balaban J connectivity index is 1.35. The van der Waals surface area contributed by atoms with Crippen molar-refractivity contribution in [3.8, 4) is 22.6 Å². The fraction of sp³-hybridized carbons (Fsp3) is 0.241. The van der Waals surface area contributed by atoms with Gasteiger partial charge in [0.05, 0.1) is 42.6 Å². The normalized spacial score (nSPS) is 14.1. The molecule has 0 spiro atoms. The zero-order valence-electron chi connectivity index (χ0n) is 22.0. The first-order chi connectivity index (χ1) is 19.9. The number of pyridine rings is 1. The summed E-state index contributed by atoms with van der Waals surface area (Å²) in [6.45, 7) is 1.14. The Morgan fingerprint density at radius 3 is 2.51 bits per heavy atom. The number of carbonyl (C=O) groups excluding carboxylic acids is 2. The highest BCUT2D eigenvalue weighted by Crippen LogP contribution is 2.35. The molecule has 0 bridgehead atoms. The summed E-state index contributed by atoms with van der Waals surface area (Å²) in [4.78, 5) is 39.3. The summed E-state index contributed by atoms with van der Waals surface area (Å²) in [5.41, 5.74) is 9.54. The number of amides is 1. The van der Waals surface area contributed by atoms with Gasteiger partial charge in [-0.15, -0.1) is 0 Å². The number of carbonyl (C=O) groups is 2. The number of Topliss-reactive ketones (excluding diaryl/α,β-unsaturated/α-hetero) is 1. The number of likely N-dealkylation sites (tertiary alicyclic amines) is 1. The number of hydrogen-bond acceptors (Lipinski definition) is 7. The van der Waals surface area contributed by atoms with E-state index in [4.69, 9.17) is 15.8 Å². The van der Waals surface area contributed by atoms with E-state index in [1.807, 2.05) is 6.07 Å². The van der Waals surface area contributed by atoms with Gasteiger partial charge in [-0.2, -0.15) is 9.49 Å². The molecule has 0 saturated carbocycles. The van der Waals surface area contributed by atoms with Gasteiger partial charge in [0.15, 0.2) is 11.4 Å². The molecular weight excluding hydrogens is 530 g/mol. The maximum absolute atomic E-state index is 13.7. The average molecular weight is 557 g/mol. The van der Waals surface area contributed by atoms with Crippen molar-refractivity contribution in [3.63, 3.8) is 0 Å². The van der Waals surface area contributed by atoms with E-state index in [2.05, 4.69) is 14.5 Å². The minimum absolute atomic E-state index is 0.0163. The summed E-state index contributed by atoms with van der Waals surface area (Å²) >= 11 is 0. The molecule has 1 saturated heterocycles. The van der Waals surface area contributed by atoms with Crippen LogP contribution in [-0.4, -0.2) is 65.4 Å². The molecular formula is C29H26F2N8O2. The van der Waals surface area contributed by atoms with Gasteiger partial charge < -0.3 is 15.2 Å². The first kappa shape index (κ1) is 26.4. The molecule has 12 heteroatoms. The van der Waals surface area contributed by atoms with Crippen LogP contribution in [-0.2, 0) is 11.2 Å². The van der Waals surface area contributed by atoms with Crippen molar-refractivity contribution in [1.82, 2.24) is 34.0 Å². The molecule has 1 aliphatic heterocycles. The topological polar surface area (TPSA) is 124 Å². The van der Waals surface area contributed by atoms with Gasteiger partial charge in [-0.05, 0) is 55.3 Å². The number of piperidine rings is 1. The third-order valence-corrected chi connectivity index (χ3v) is 7.30. The van der Waals surface area contributed by atoms with Crippen LogP contribution in [0.25, 0.3) is 28.3 Å². The second kappa shape index (κ2) is 11.0. The molecule has 5 aromatic rings. The van der Waals surface area contributed by atoms with Crippen LogP contribution in [0.15, 0.2) is 67.3 Å². The Kier molecular flexibility index (Phi) is 7.06. The number of hydrogen-bond donors (Lipinski definition) is 1. The van der Waals surface area contributed by atoms with Crippen molar-refractivity contribution >= 4 is 17.3 Å². The Labute approximate surface area is 233 Å². The second-order valence-corrected chi connectivity index (χ2v) is 9.89. The molecule has 0 aliphatic carbocycles. The first-order valence-corrected chi connectivity index (χ1v) is 13.2. The van der Waals surface area contributed by atoms with Gasteiger partial charge in [-0.3, -0.25) is 9.59 Å². The van der Waals surface area contributed by atoms with Crippen molar-refractivity contribution in [2.75, 3.05) is 19.6 Å². The fourth-order valence-corrected chi connectivity index (χ4v) is 5.22. The molecule has 1 aromatic carbocycles. The number of rotatable bonds is 7. The SMILES string of the molecule is NCC(=O)N1CCC(n2cnc(-c3ccc(F)cc3)c2-c2ccc3nc(CC(=O)c4ccnc(F)c4)cn3n2)CC1. The van der Waals surface area contributed by atoms with Crippen LogP contribution in [0.1, 0.15) is 34.9 Å². The van der Waals surface area contributed by atoms with Gasteiger partial charge in [0.1, 0.15) is 11.5 Å². The highest BCUT2D eigenvalue weighted by molar-refractivity contribution is 5.97. The van der Waals surface area contributed by atoms with E-state index in [-0.39, 0.29) is 42.1 Å². The number of nitrogens with zero attached hydrogens (tertiary/aromatic N) is 7. The summed E-state index contributed by atoms with van der Waals surface area (Å²) < 4.78 is 30.9. The Morgan fingerprint density at radius 2 is 1.78 bits per heavy atom. The van der Waals surface area contributed by atoms with Crippen LogP contribution >= 0.6 is 0 Å². The van der Waals surface area contributed by atoms with Gasteiger partial charge >= 0.3 is 0 Å². The highest BCUT2D eigenvalue weighted by atomic mass is 19.1. The van der Waals surface area contributed by atoms with Gasteiger partial charge in [0.2, 0.25) is 11.9 Å². The van der Waals surface area contributed by atoms with E-state index in [0.29, 0.717) is 48.7 Å². The quantitative estimate of drug-likeness (QED) is 0.240. The lowest BCUT2D eigenvalue weighted by molar-refractivity contribution is -0.130. The highest BCUT2D eigenvalue weighted by Gasteiger charge is 2.27. The molecule has 0 atom stereocenters. The average Bonchev–Trinajstić information content (AvgIpc) is 3.61. The maximum atomic E-state index is 13.7. The summed E-state index contributed by atoms with van der Waals surface area (Å²) in [5.74, 6) is -1.42. The van der Waals surface area contributed by atoms with Crippen LogP contribution in [0.5, 0.6) is 0 Å². The van der Waals surface area contributed by atoms with Gasteiger partial charge in [0.25, 0.3) is 0 Å². The van der Waals surface area contributed by atoms with Gasteiger partial charge in [-0.25, -0.2) is 23.9 Å². The van der Waals surface area contributed by atoms with E-state index in [1.54, 1.807) is 40.1 Å². The van der Waals surface area contributed by atoms with Crippen molar-refractivity contribution in [1.29, 1.82) is 0 Å². The first-order valence-electron chi connectivity index (χ1n) is 13.2. The van der Waals surface area contributed by atoms with E-state index in [9.17, 15) is 18.4 Å². The lowest BCUT2D eigenvalue weighted by Gasteiger charge is -2.33. The molecule has 208 valence electrons. The number of halogens is 2. The molecule has 1 fully saturated rings. The van der Waals surface area contributed by atoms with E-state index in [1.165, 1.54) is 24.4 Å². The molecule has 41 heavy (non-hydrogen) atoms. The fourth-order valence-electron chi connectivity index (χ4n) is 5.22. The zero-order valence-corrected chi connectivity index (χ0v) is 22.0. The molecule has 5 heterocycles. The summed E-state index contributed by atoms with van der Waals surface area (Å²) in [7, 11) is 0. The smallest absolute Gasteiger partial charge is 0.236 e. The van der Waals surface area contributed by atoms with Crippen LogP contribution in [0.3, 0.4) is 0 Å². The van der Waals surface area contributed by atoms with E-state index < -0.39 is 5.95 Å². The van der Waals surface area contributed by atoms with Crippen LogP contribution in [0.2, 0.25) is 0 Å². The lowest BCUT2D eigenvalue weighted by atomic mass is 10.0. The number of fused-ring (bicyclic) bond motifs is 1. The van der Waals surface area contributed by atoms with E-state index in [0.717, 1.165) is 17.3 Å². The number of ketones is 1. The van der Waals surface area contributed by atoms with Gasteiger partial charge in [0, 0.05) is 42.5 Å². The zero-order chi connectivity index (χ0) is 28.5. The largest absolute Gasteiger partial charge is 0.341 e. The van der Waals surface area contributed by atoms with Crippen molar-refractivity contribution < 1.29 is 18.4 Å². The van der Waals surface area contributed by atoms with Crippen LogP contribution in [0.4, 0.5) is 8.78 Å². The minimum Gasteiger partial charge on any atom is -0.341 e. The number of benzene rings is 1. The van der Waals surface area contributed by atoms with Crippen molar-refractivity contribution in [3.05, 3.63) is 90.3 Å². The summed E-state index contributed by atoms with van der Waals surface area (Å²) in [6.07, 6.45) is 6.09. The summed E-state index contributed by atoms with van der Waals surface area (Å²) in [5, 5.41) is 4.81. The maximum Gasteiger partial charge on any atom is 0.236 e. The molecule has 4 aromatic heterocycles. The molecule has 0 unspecified atom stereocenters. The number of imidazole rings is 2. The Morgan fingerprint density at radius 1 is 1.00 bits per heavy atom. The monoisotopic (exact) mass is 556 g/mol. The standard InChI is InChI=1S/C29H26F2N8O2/c30-20-3-1-18(2-4-20)28-29(38(17-34-28)22-8-11-37(12-9-22)27(41)15-32)23-5-6-26-35-21(16-39(26)36-23)14-24(40)19-7-10-33-25(31)13-19/h1-7,10,13,16-17,22H,8-9,11-12,14-15,32H2. The molecule has 2 N–H and O–H groups in total. The predicted molar refractivity (Wildman–Crippen MR) is 146 cm³/mol. The van der Waals surface area contributed by atoms with Gasteiger partial charge in [-0.1, -0.05) is 0 Å². The molecule has 6 rings (SSSR count). The van der Waals surface area contributed by atoms with Crippen molar-refractivity contribution in [2.24, 2.45) is 5.73 Å². The number of nitrogens with two attached hydrogens (primary N) is 1. The van der Waals surface area contributed by atoms with Crippen LogP contribution in [0, 0.1) is 11.8 Å². The molecule has 1 amide bonds. The Hall–Kier alpha value is -4.84. The second-order valence-electron chi connectivity index (χ2n) is 9.89. The third kappa shape index (κ3) is 5.33. The predicted octanol–water partition coefficient (Wildman–Crippen LogP) is 3.48. The minimum atomic E-state index is -0.720. The van der Waals surface area contributed by atoms with Crippen LogP contribution < -0.4 is 5.73 Å². The molecule has 0 radical (unpaired) electrons. The third-order valence-electron chi connectivity index (χ3n) is 7.30. The molecule has 10 nitrogen and oxygen atoms in total. The van der Waals surface area contributed by atoms with E-state index >= 15 is 0 Å². The lowest BCUT2D eigenvalue weighted by Crippen LogP contribution is -2.42. The molecule has 1 aliphatic rings.